The molecule has 0 radical (unpaired) electrons. The van der Waals surface area contributed by atoms with Gasteiger partial charge in [0.15, 0.2) is 0 Å². The van der Waals surface area contributed by atoms with Crippen molar-refractivity contribution in [1.29, 1.82) is 0 Å². The summed E-state index contributed by atoms with van der Waals surface area (Å²) in [7, 11) is -2.14. The number of carbonyl (C=O) groups is 2. The number of sulfonamides is 1. The van der Waals surface area contributed by atoms with Crippen LogP contribution in [0.15, 0.2) is 42.5 Å². The van der Waals surface area contributed by atoms with E-state index < -0.39 is 16.1 Å². The number of rotatable bonds is 10. The van der Waals surface area contributed by atoms with Crippen molar-refractivity contribution in [2.24, 2.45) is 0 Å². The lowest BCUT2D eigenvalue weighted by molar-refractivity contribution is -0.140. The highest BCUT2D eigenvalue weighted by molar-refractivity contribution is 7.92. The van der Waals surface area contributed by atoms with Crippen LogP contribution in [-0.4, -0.2) is 51.0 Å². The summed E-state index contributed by atoms with van der Waals surface area (Å²) in [6.45, 7) is 3.93. The maximum atomic E-state index is 13.1. The van der Waals surface area contributed by atoms with Gasteiger partial charge in [-0.2, -0.15) is 0 Å². The number of aryl methyl sites for hydroxylation is 1. The minimum absolute atomic E-state index is 0.0390. The average Bonchev–Trinajstić information content (AvgIpc) is 2.75. The summed E-state index contributed by atoms with van der Waals surface area (Å²) in [5.74, 6) is -0.530. The fraction of sp³-hybridized carbons (Fsp3) is 0.391. The van der Waals surface area contributed by atoms with Gasteiger partial charge in [0.1, 0.15) is 6.04 Å². The minimum Gasteiger partial charge on any atom is -0.357 e. The largest absolute Gasteiger partial charge is 0.357 e. The molecule has 10 heteroatoms. The van der Waals surface area contributed by atoms with Crippen molar-refractivity contribution in [3.05, 3.63) is 63.6 Å². The predicted octanol–water partition coefficient (Wildman–Crippen LogP) is 4.01. The SMILES string of the molecule is CNC(=O)C(C)N(Cc1cccc(C)c1)C(=O)CCCN(c1cc(Cl)ccc1Cl)S(C)(=O)=O. The van der Waals surface area contributed by atoms with Crippen LogP contribution < -0.4 is 9.62 Å². The molecular formula is C23H29Cl2N3O4S. The third-order valence-electron chi connectivity index (χ3n) is 5.18. The maximum absolute atomic E-state index is 13.1. The van der Waals surface area contributed by atoms with Gasteiger partial charge in [0.05, 0.1) is 17.0 Å². The summed E-state index contributed by atoms with van der Waals surface area (Å²) < 4.78 is 25.9. The van der Waals surface area contributed by atoms with E-state index in [0.29, 0.717) is 5.02 Å². The standard InChI is InChI=1S/C23H29Cl2N3O4S/c1-16-7-5-8-18(13-16)15-27(17(2)23(30)26-3)22(29)9-6-12-28(33(4,31)32)21-14-19(24)10-11-20(21)25/h5,7-8,10-11,13-14,17H,6,9,12,15H2,1-4H3,(H,26,30). The van der Waals surface area contributed by atoms with E-state index in [9.17, 15) is 18.0 Å². The molecule has 0 aliphatic rings. The predicted molar refractivity (Wildman–Crippen MR) is 133 cm³/mol. The molecule has 0 spiro atoms. The first-order valence-corrected chi connectivity index (χ1v) is 13.0. The molecule has 1 atom stereocenters. The van der Waals surface area contributed by atoms with Crippen molar-refractivity contribution in [3.63, 3.8) is 0 Å². The number of nitrogens with zero attached hydrogens (tertiary/aromatic N) is 2. The van der Waals surface area contributed by atoms with E-state index in [1.54, 1.807) is 13.0 Å². The molecule has 1 N–H and O–H groups in total. The number of likely N-dealkylation sites (N-methyl/N-ethyl adjacent to an activating group) is 1. The van der Waals surface area contributed by atoms with Crippen LogP contribution in [0.1, 0.15) is 30.9 Å². The van der Waals surface area contributed by atoms with E-state index >= 15 is 0 Å². The second-order valence-corrected chi connectivity index (χ2v) is 10.6. The molecule has 0 heterocycles. The van der Waals surface area contributed by atoms with Crippen LogP contribution in [-0.2, 0) is 26.2 Å². The number of nitrogens with one attached hydrogen (secondary N) is 1. The normalized spacial score (nSPS) is 12.2. The van der Waals surface area contributed by atoms with Crippen molar-refractivity contribution in [1.82, 2.24) is 10.2 Å². The molecule has 2 aromatic rings. The Morgan fingerprint density at radius 3 is 2.42 bits per heavy atom. The van der Waals surface area contributed by atoms with Crippen molar-refractivity contribution in [2.75, 3.05) is 24.2 Å². The molecule has 0 aliphatic heterocycles. The topological polar surface area (TPSA) is 86.8 Å². The van der Waals surface area contributed by atoms with Crippen LogP contribution in [0, 0.1) is 6.92 Å². The Morgan fingerprint density at radius 1 is 1.12 bits per heavy atom. The zero-order chi connectivity index (χ0) is 24.8. The van der Waals surface area contributed by atoms with Gasteiger partial charge in [-0.25, -0.2) is 8.42 Å². The molecular weight excluding hydrogens is 485 g/mol. The number of halogens is 2. The lowest BCUT2D eigenvalue weighted by Gasteiger charge is -2.29. The third kappa shape index (κ3) is 7.62. The molecule has 2 aromatic carbocycles. The highest BCUT2D eigenvalue weighted by atomic mass is 35.5. The second kappa shape index (κ2) is 11.7. The van der Waals surface area contributed by atoms with Gasteiger partial charge in [-0.1, -0.05) is 53.0 Å². The monoisotopic (exact) mass is 513 g/mol. The number of anilines is 1. The smallest absolute Gasteiger partial charge is 0.242 e. The lowest BCUT2D eigenvalue weighted by Crippen LogP contribution is -2.46. The number of hydrogen-bond acceptors (Lipinski definition) is 4. The van der Waals surface area contributed by atoms with E-state index in [2.05, 4.69) is 5.32 Å². The molecule has 0 saturated carbocycles. The van der Waals surface area contributed by atoms with Crippen molar-refractivity contribution in [3.8, 4) is 0 Å². The Kier molecular flexibility index (Phi) is 9.57. The Labute approximate surface area is 205 Å². The summed E-state index contributed by atoms with van der Waals surface area (Å²) in [4.78, 5) is 26.9. The first-order valence-electron chi connectivity index (χ1n) is 10.4. The molecule has 0 aliphatic carbocycles. The van der Waals surface area contributed by atoms with E-state index in [0.717, 1.165) is 21.7 Å². The molecule has 1 unspecified atom stereocenters. The van der Waals surface area contributed by atoms with Gasteiger partial charge in [0.25, 0.3) is 0 Å². The van der Waals surface area contributed by atoms with Gasteiger partial charge >= 0.3 is 0 Å². The van der Waals surface area contributed by atoms with Crippen LogP contribution in [0.25, 0.3) is 0 Å². The molecule has 0 aromatic heterocycles. The zero-order valence-corrected chi connectivity index (χ0v) is 21.5. The summed E-state index contributed by atoms with van der Waals surface area (Å²) in [5, 5.41) is 3.17. The average molecular weight is 514 g/mol. The van der Waals surface area contributed by atoms with Gasteiger partial charge in [0, 0.05) is 31.6 Å². The molecule has 0 saturated heterocycles. The van der Waals surface area contributed by atoms with Crippen molar-refractivity contribution >= 4 is 50.7 Å². The van der Waals surface area contributed by atoms with Crippen molar-refractivity contribution in [2.45, 2.75) is 39.3 Å². The number of hydrogen-bond donors (Lipinski definition) is 1. The van der Waals surface area contributed by atoms with Crippen LogP contribution in [0.5, 0.6) is 0 Å². The highest BCUT2D eigenvalue weighted by Gasteiger charge is 2.26. The molecule has 33 heavy (non-hydrogen) atoms. The third-order valence-corrected chi connectivity index (χ3v) is 6.91. The van der Waals surface area contributed by atoms with Crippen LogP contribution in [0.2, 0.25) is 10.0 Å². The highest BCUT2D eigenvalue weighted by Crippen LogP contribution is 2.31. The Bertz CT molecular complexity index is 1110. The van der Waals surface area contributed by atoms with Gasteiger partial charge in [-0.3, -0.25) is 13.9 Å². The van der Waals surface area contributed by atoms with E-state index in [1.807, 2.05) is 31.2 Å². The van der Waals surface area contributed by atoms with Gasteiger partial charge < -0.3 is 10.2 Å². The van der Waals surface area contributed by atoms with Crippen LogP contribution in [0.4, 0.5) is 5.69 Å². The number of benzene rings is 2. The zero-order valence-electron chi connectivity index (χ0n) is 19.1. The quantitative estimate of drug-likeness (QED) is 0.519. The van der Waals surface area contributed by atoms with Gasteiger partial charge in [0.2, 0.25) is 21.8 Å². The van der Waals surface area contributed by atoms with Gasteiger partial charge in [-0.05, 0) is 44.0 Å². The molecule has 2 amide bonds. The fourth-order valence-corrected chi connectivity index (χ4v) is 4.86. The summed E-state index contributed by atoms with van der Waals surface area (Å²) in [6, 6.07) is 11.6. The molecule has 2 rings (SSSR count). The van der Waals surface area contributed by atoms with Crippen molar-refractivity contribution < 1.29 is 18.0 Å². The first kappa shape index (κ1) is 27.0. The second-order valence-electron chi connectivity index (χ2n) is 7.84. The minimum atomic E-state index is -3.66. The van der Waals surface area contributed by atoms with Gasteiger partial charge in [-0.15, -0.1) is 0 Å². The van der Waals surface area contributed by atoms with E-state index in [4.69, 9.17) is 23.2 Å². The maximum Gasteiger partial charge on any atom is 0.242 e. The van der Waals surface area contributed by atoms with Crippen LogP contribution in [0.3, 0.4) is 0 Å². The molecule has 7 nitrogen and oxygen atoms in total. The first-order chi connectivity index (χ1) is 15.4. The van der Waals surface area contributed by atoms with E-state index in [1.165, 1.54) is 24.1 Å². The molecule has 180 valence electrons. The lowest BCUT2D eigenvalue weighted by atomic mass is 10.1. The Hall–Kier alpha value is -2.29. The summed E-state index contributed by atoms with van der Waals surface area (Å²) in [6.07, 6.45) is 1.36. The Balaban J connectivity index is 2.18. The fourth-order valence-electron chi connectivity index (χ4n) is 3.46. The summed E-state index contributed by atoms with van der Waals surface area (Å²) in [5.41, 5.74) is 2.21. The Morgan fingerprint density at radius 2 is 1.82 bits per heavy atom. The summed E-state index contributed by atoms with van der Waals surface area (Å²) >= 11 is 12.2. The van der Waals surface area contributed by atoms with E-state index in [-0.39, 0.29) is 48.5 Å². The number of carbonyl (C=O) groups excluding carboxylic acids is 2. The number of amides is 2. The molecule has 0 fully saturated rings. The molecule has 0 bridgehead atoms. The van der Waals surface area contributed by atoms with Crippen LogP contribution >= 0.6 is 23.2 Å².